The summed E-state index contributed by atoms with van der Waals surface area (Å²) in [5.74, 6) is 0.704. The summed E-state index contributed by atoms with van der Waals surface area (Å²) in [5, 5.41) is 9.46. The van der Waals surface area contributed by atoms with Crippen LogP contribution in [-0.2, 0) is 9.53 Å². The normalized spacial score (nSPS) is 28.6. The summed E-state index contributed by atoms with van der Waals surface area (Å²) in [4.78, 5) is 11.5. The molecule has 0 saturated heterocycles. The molecular formula is C15H28O3. The van der Waals surface area contributed by atoms with Gasteiger partial charge in [0.15, 0.2) is 0 Å². The van der Waals surface area contributed by atoms with Crippen molar-refractivity contribution in [2.24, 2.45) is 17.3 Å². The van der Waals surface area contributed by atoms with Gasteiger partial charge < -0.3 is 9.84 Å². The van der Waals surface area contributed by atoms with Gasteiger partial charge in [0.05, 0.1) is 5.41 Å². The van der Waals surface area contributed by atoms with E-state index in [1.165, 1.54) is 0 Å². The second-order valence-corrected chi connectivity index (χ2v) is 6.31. The molecule has 1 fully saturated rings. The smallest absolute Gasteiger partial charge is 0.309 e. The van der Waals surface area contributed by atoms with Crippen LogP contribution in [0.25, 0.3) is 0 Å². The maximum absolute atomic E-state index is 11.5. The van der Waals surface area contributed by atoms with Gasteiger partial charge in [-0.1, -0.05) is 20.8 Å². The highest BCUT2D eigenvalue weighted by Crippen LogP contribution is 2.41. The summed E-state index contributed by atoms with van der Waals surface area (Å²) in [5.41, 5.74) is -0.510. The molecule has 1 rings (SSSR count). The van der Waals surface area contributed by atoms with Crippen molar-refractivity contribution in [2.75, 3.05) is 13.2 Å². The first-order chi connectivity index (χ1) is 8.46. The van der Waals surface area contributed by atoms with Crippen molar-refractivity contribution in [3.63, 3.8) is 0 Å². The zero-order valence-corrected chi connectivity index (χ0v) is 12.1. The minimum absolute atomic E-state index is 0.510. The van der Waals surface area contributed by atoms with Crippen molar-refractivity contribution in [2.45, 2.75) is 59.3 Å². The average molecular weight is 256 g/mol. The van der Waals surface area contributed by atoms with Crippen LogP contribution in [0.1, 0.15) is 59.3 Å². The van der Waals surface area contributed by atoms with Crippen LogP contribution in [0.15, 0.2) is 0 Å². The van der Waals surface area contributed by atoms with E-state index in [4.69, 9.17) is 4.74 Å². The zero-order valence-electron chi connectivity index (χ0n) is 12.1. The summed E-state index contributed by atoms with van der Waals surface area (Å²) < 4.78 is 5.59. The molecule has 3 heteroatoms. The third kappa shape index (κ3) is 4.60. The number of aliphatic carboxylic acids is 1. The first-order valence-corrected chi connectivity index (χ1v) is 7.27. The molecule has 18 heavy (non-hydrogen) atoms. The largest absolute Gasteiger partial charge is 0.481 e. The van der Waals surface area contributed by atoms with Crippen LogP contribution in [0.3, 0.4) is 0 Å². The summed E-state index contributed by atoms with van der Waals surface area (Å²) >= 11 is 0. The van der Waals surface area contributed by atoms with Crippen molar-refractivity contribution < 1.29 is 14.6 Å². The molecule has 106 valence electrons. The number of ether oxygens (including phenoxy) is 1. The molecule has 0 aromatic carbocycles. The lowest BCUT2D eigenvalue weighted by Crippen LogP contribution is -2.36. The fourth-order valence-electron chi connectivity index (χ4n) is 2.57. The monoisotopic (exact) mass is 256 g/mol. The van der Waals surface area contributed by atoms with E-state index in [2.05, 4.69) is 20.8 Å². The van der Waals surface area contributed by atoms with Crippen molar-refractivity contribution in [1.82, 2.24) is 0 Å². The SMILES string of the molecule is CC(C)CCOCCC1(C(=O)O)CCC(C)CC1. The van der Waals surface area contributed by atoms with Crippen LogP contribution in [0.4, 0.5) is 0 Å². The number of hydrogen-bond acceptors (Lipinski definition) is 2. The fourth-order valence-corrected chi connectivity index (χ4v) is 2.57. The van der Waals surface area contributed by atoms with E-state index in [0.29, 0.717) is 24.9 Å². The van der Waals surface area contributed by atoms with Crippen molar-refractivity contribution in [3.05, 3.63) is 0 Å². The number of rotatable bonds is 7. The summed E-state index contributed by atoms with van der Waals surface area (Å²) in [6, 6.07) is 0. The Morgan fingerprint density at radius 2 is 1.94 bits per heavy atom. The van der Waals surface area contributed by atoms with Crippen LogP contribution in [0, 0.1) is 17.3 Å². The van der Waals surface area contributed by atoms with Gasteiger partial charge >= 0.3 is 5.97 Å². The van der Waals surface area contributed by atoms with Gasteiger partial charge in [-0.25, -0.2) is 0 Å². The number of carboxylic acid groups (broad SMARTS) is 1. The second kappa shape index (κ2) is 7.13. The van der Waals surface area contributed by atoms with Gasteiger partial charge in [0.2, 0.25) is 0 Å². The number of hydrogen-bond donors (Lipinski definition) is 1. The van der Waals surface area contributed by atoms with Gasteiger partial charge in [0.1, 0.15) is 0 Å². The van der Waals surface area contributed by atoms with E-state index in [-0.39, 0.29) is 0 Å². The molecule has 0 heterocycles. The van der Waals surface area contributed by atoms with Crippen molar-refractivity contribution in [3.8, 4) is 0 Å². The Morgan fingerprint density at radius 1 is 1.33 bits per heavy atom. The summed E-state index contributed by atoms with van der Waals surface area (Å²) in [6.07, 6.45) is 5.44. The molecule has 1 aliphatic carbocycles. The Balaban J connectivity index is 2.33. The van der Waals surface area contributed by atoms with E-state index >= 15 is 0 Å². The molecule has 1 saturated carbocycles. The molecule has 0 unspecified atom stereocenters. The van der Waals surface area contributed by atoms with E-state index in [1.54, 1.807) is 0 Å². The van der Waals surface area contributed by atoms with Gasteiger partial charge in [-0.2, -0.15) is 0 Å². The third-order valence-corrected chi connectivity index (χ3v) is 4.25. The molecular weight excluding hydrogens is 228 g/mol. The molecule has 1 aliphatic rings. The Kier molecular flexibility index (Phi) is 6.13. The predicted molar refractivity (Wildman–Crippen MR) is 72.6 cm³/mol. The molecule has 0 aromatic heterocycles. The highest BCUT2D eigenvalue weighted by molar-refractivity contribution is 5.74. The minimum Gasteiger partial charge on any atom is -0.481 e. The molecule has 0 atom stereocenters. The molecule has 0 bridgehead atoms. The molecule has 0 aliphatic heterocycles. The van der Waals surface area contributed by atoms with Crippen LogP contribution in [0.2, 0.25) is 0 Å². The Morgan fingerprint density at radius 3 is 2.44 bits per heavy atom. The lowest BCUT2D eigenvalue weighted by molar-refractivity contribution is -0.153. The average Bonchev–Trinajstić information content (AvgIpc) is 2.30. The predicted octanol–water partition coefficient (Wildman–Crippen LogP) is 3.72. The lowest BCUT2D eigenvalue weighted by atomic mass is 9.69. The Labute approximate surface area is 111 Å². The summed E-state index contributed by atoms with van der Waals surface area (Å²) in [6.45, 7) is 7.90. The maximum atomic E-state index is 11.5. The lowest BCUT2D eigenvalue weighted by Gasteiger charge is -2.35. The Hall–Kier alpha value is -0.570. The Bertz CT molecular complexity index is 252. The van der Waals surface area contributed by atoms with E-state index in [1.807, 2.05) is 0 Å². The highest BCUT2D eigenvalue weighted by atomic mass is 16.5. The van der Waals surface area contributed by atoms with Crippen LogP contribution in [-0.4, -0.2) is 24.3 Å². The molecule has 1 N–H and O–H groups in total. The van der Waals surface area contributed by atoms with Crippen LogP contribution >= 0.6 is 0 Å². The standard InChI is InChI=1S/C15H28O3/c1-12(2)6-10-18-11-9-15(14(16)17)7-4-13(3)5-8-15/h12-13H,4-11H2,1-3H3,(H,16,17). The van der Waals surface area contributed by atoms with Gasteiger partial charge in [0, 0.05) is 13.2 Å². The van der Waals surface area contributed by atoms with Gasteiger partial charge in [-0.05, 0) is 50.4 Å². The fraction of sp³-hybridized carbons (Fsp3) is 0.933. The number of carboxylic acids is 1. The quantitative estimate of drug-likeness (QED) is 0.706. The van der Waals surface area contributed by atoms with Crippen molar-refractivity contribution >= 4 is 5.97 Å². The van der Waals surface area contributed by atoms with Crippen molar-refractivity contribution in [1.29, 1.82) is 0 Å². The van der Waals surface area contributed by atoms with E-state index < -0.39 is 11.4 Å². The topological polar surface area (TPSA) is 46.5 Å². The van der Waals surface area contributed by atoms with Crippen LogP contribution < -0.4 is 0 Å². The molecule has 0 aromatic rings. The van der Waals surface area contributed by atoms with E-state index in [9.17, 15) is 9.90 Å². The van der Waals surface area contributed by atoms with Gasteiger partial charge in [0.25, 0.3) is 0 Å². The maximum Gasteiger partial charge on any atom is 0.309 e. The van der Waals surface area contributed by atoms with Gasteiger partial charge in [-0.15, -0.1) is 0 Å². The first kappa shape index (κ1) is 15.5. The highest BCUT2D eigenvalue weighted by Gasteiger charge is 2.40. The zero-order chi connectivity index (χ0) is 13.6. The molecule has 0 radical (unpaired) electrons. The molecule has 0 amide bonds. The number of carbonyl (C=O) groups is 1. The minimum atomic E-state index is -0.623. The molecule has 3 nitrogen and oxygen atoms in total. The molecule has 0 spiro atoms. The van der Waals surface area contributed by atoms with Gasteiger partial charge in [-0.3, -0.25) is 4.79 Å². The second-order valence-electron chi connectivity index (χ2n) is 6.31. The van der Waals surface area contributed by atoms with Crippen LogP contribution in [0.5, 0.6) is 0 Å². The summed E-state index contributed by atoms with van der Waals surface area (Å²) in [7, 11) is 0. The van der Waals surface area contributed by atoms with E-state index in [0.717, 1.165) is 38.7 Å². The third-order valence-electron chi connectivity index (χ3n) is 4.25. The first-order valence-electron chi connectivity index (χ1n) is 7.27.